The number of furan rings is 1. The van der Waals surface area contributed by atoms with E-state index in [9.17, 15) is 0 Å². The number of nitrogens with zero attached hydrogens (tertiary/aromatic N) is 4. The molecule has 0 aliphatic carbocycles. The van der Waals surface area contributed by atoms with Gasteiger partial charge in [-0.05, 0) is 81.7 Å². The minimum Gasteiger partial charge on any atom is -0.456 e. The molecule has 0 unspecified atom stereocenters. The van der Waals surface area contributed by atoms with E-state index in [-0.39, 0.29) is 0 Å². The van der Waals surface area contributed by atoms with Crippen LogP contribution in [0.2, 0.25) is 0 Å². The predicted octanol–water partition coefficient (Wildman–Crippen LogP) is 16.2. The van der Waals surface area contributed by atoms with Gasteiger partial charge in [-0.25, -0.2) is 15.0 Å². The number of rotatable bonds is 5. The Balaban J connectivity index is 0.996. The molecule has 0 saturated heterocycles. The first kappa shape index (κ1) is 36.1. The Morgan fingerprint density at radius 3 is 1.82 bits per heavy atom. The molecular formula is C59H34N4OS. The van der Waals surface area contributed by atoms with E-state index in [4.69, 9.17) is 19.4 Å². The molecule has 0 atom stereocenters. The zero-order chi connectivity index (χ0) is 42.6. The van der Waals surface area contributed by atoms with Crippen LogP contribution in [0.25, 0.3) is 136 Å². The average molecular weight is 847 g/mol. The molecule has 0 fully saturated rings. The molecular weight excluding hydrogens is 813 g/mol. The molecule has 0 N–H and O–H groups in total. The SMILES string of the molecule is c1ccc(-c2nc(-c3cccc(-n4c5ccc6ccccc6c5c5cccc(-c6ccc7sc8ccc9ccccc9c8c7c6)c54)c3)nc(-c3ccc4c(c3)oc3ccccc34)n2)cc1. The van der Waals surface area contributed by atoms with E-state index in [1.807, 2.05) is 65.9 Å². The second-order valence-corrected chi connectivity index (χ2v) is 17.8. The number of fused-ring (bicyclic) bond motifs is 13. The van der Waals surface area contributed by atoms with Crippen molar-refractivity contribution in [1.82, 2.24) is 19.5 Å². The van der Waals surface area contributed by atoms with Crippen LogP contribution in [-0.4, -0.2) is 19.5 Å². The van der Waals surface area contributed by atoms with Crippen LogP contribution in [0.3, 0.4) is 0 Å². The van der Waals surface area contributed by atoms with E-state index in [0.717, 1.165) is 55.3 Å². The number of hydrogen-bond acceptors (Lipinski definition) is 5. The Bertz CT molecular complexity index is 4260. The molecule has 0 aliphatic heterocycles. The van der Waals surface area contributed by atoms with Crippen molar-refractivity contribution in [2.45, 2.75) is 0 Å². The van der Waals surface area contributed by atoms with E-state index < -0.39 is 0 Å². The van der Waals surface area contributed by atoms with Gasteiger partial charge in [-0.1, -0.05) is 152 Å². The topological polar surface area (TPSA) is 56.7 Å². The van der Waals surface area contributed by atoms with Crippen LogP contribution >= 0.6 is 11.3 Å². The fourth-order valence-electron chi connectivity index (χ4n) is 10.1. The summed E-state index contributed by atoms with van der Waals surface area (Å²) in [7, 11) is 0. The minimum absolute atomic E-state index is 0.580. The third kappa shape index (κ3) is 5.61. The largest absolute Gasteiger partial charge is 0.456 e. The van der Waals surface area contributed by atoms with Gasteiger partial charge < -0.3 is 8.98 Å². The van der Waals surface area contributed by atoms with Crippen molar-refractivity contribution >= 4 is 96.8 Å². The number of thiophene rings is 1. The molecule has 14 aromatic rings. The highest BCUT2D eigenvalue weighted by molar-refractivity contribution is 7.26. The summed E-state index contributed by atoms with van der Waals surface area (Å²) in [5, 5.41) is 12.2. The van der Waals surface area contributed by atoms with Crippen LogP contribution in [-0.2, 0) is 0 Å². The van der Waals surface area contributed by atoms with Crippen LogP contribution in [0.4, 0.5) is 0 Å². The Hall–Kier alpha value is -8.45. The molecule has 0 aliphatic rings. The molecule has 0 spiro atoms. The Morgan fingerprint density at radius 1 is 0.369 bits per heavy atom. The van der Waals surface area contributed by atoms with Gasteiger partial charge in [-0.2, -0.15) is 0 Å². The molecule has 0 bridgehead atoms. The lowest BCUT2D eigenvalue weighted by Crippen LogP contribution is -2.01. The molecule has 5 nitrogen and oxygen atoms in total. The number of para-hydroxylation sites is 2. The summed E-state index contributed by atoms with van der Waals surface area (Å²) >= 11 is 1.86. The van der Waals surface area contributed by atoms with Crippen LogP contribution in [0, 0.1) is 0 Å². The maximum Gasteiger partial charge on any atom is 0.164 e. The standard InChI is InChI=1S/C59H34N4OS/c1-2-14-37(15-3-1)57-60-58(62-59(61-57)40-24-28-46-45-20-8-9-23-50(45)64-51(46)34-40)39-16-10-17-41(32-39)63-49-29-25-35-12-4-6-18-42(35)54(49)47-22-11-21-44(56(47)63)38-27-30-52-48(33-38)55-43-19-7-5-13-36(43)26-31-53(55)65-52/h1-34H. The van der Waals surface area contributed by atoms with E-state index in [1.54, 1.807) is 0 Å². The third-order valence-corrected chi connectivity index (χ3v) is 14.2. The zero-order valence-electron chi connectivity index (χ0n) is 34.7. The fraction of sp³-hybridized carbons (Fsp3) is 0. The smallest absolute Gasteiger partial charge is 0.164 e. The van der Waals surface area contributed by atoms with Crippen molar-refractivity contribution in [3.8, 4) is 51.0 Å². The van der Waals surface area contributed by atoms with Gasteiger partial charge in [0.1, 0.15) is 11.2 Å². The fourth-order valence-corrected chi connectivity index (χ4v) is 11.2. The van der Waals surface area contributed by atoms with Gasteiger partial charge in [0.2, 0.25) is 0 Å². The van der Waals surface area contributed by atoms with Crippen molar-refractivity contribution in [1.29, 1.82) is 0 Å². The quantitative estimate of drug-likeness (QED) is 0.173. The second kappa shape index (κ2) is 14.0. The van der Waals surface area contributed by atoms with Gasteiger partial charge in [0.15, 0.2) is 17.5 Å². The highest BCUT2D eigenvalue weighted by Crippen LogP contribution is 2.45. The van der Waals surface area contributed by atoms with Crippen molar-refractivity contribution in [3.63, 3.8) is 0 Å². The molecule has 65 heavy (non-hydrogen) atoms. The van der Waals surface area contributed by atoms with E-state index in [0.29, 0.717) is 17.5 Å². The number of hydrogen-bond donors (Lipinski definition) is 0. The third-order valence-electron chi connectivity index (χ3n) is 13.0. The summed E-state index contributed by atoms with van der Waals surface area (Å²) in [5.41, 5.74) is 9.97. The summed E-state index contributed by atoms with van der Waals surface area (Å²) < 4.78 is 11.4. The first-order valence-electron chi connectivity index (χ1n) is 21.8. The number of aromatic nitrogens is 4. The van der Waals surface area contributed by atoms with Crippen molar-refractivity contribution in [3.05, 3.63) is 206 Å². The monoisotopic (exact) mass is 846 g/mol. The summed E-state index contributed by atoms with van der Waals surface area (Å²) in [6.45, 7) is 0. The van der Waals surface area contributed by atoms with Crippen LogP contribution in [0.15, 0.2) is 211 Å². The Kier molecular flexibility index (Phi) is 7.79. The van der Waals surface area contributed by atoms with E-state index >= 15 is 0 Å². The molecule has 6 heteroatoms. The summed E-state index contributed by atoms with van der Waals surface area (Å²) in [6, 6.07) is 73.4. The molecule has 302 valence electrons. The first-order chi connectivity index (χ1) is 32.2. The van der Waals surface area contributed by atoms with E-state index in [2.05, 4.69) is 156 Å². The lowest BCUT2D eigenvalue weighted by molar-refractivity contribution is 0.669. The molecule has 4 aromatic heterocycles. The van der Waals surface area contributed by atoms with E-state index in [1.165, 1.54) is 63.6 Å². The second-order valence-electron chi connectivity index (χ2n) is 16.7. The normalized spacial score (nSPS) is 12.0. The predicted molar refractivity (Wildman–Crippen MR) is 271 cm³/mol. The summed E-state index contributed by atoms with van der Waals surface area (Å²) in [5.74, 6) is 1.78. The first-order valence-corrected chi connectivity index (χ1v) is 22.7. The van der Waals surface area contributed by atoms with Crippen molar-refractivity contribution < 1.29 is 4.42 Å². The molecule has 4 heterocycles. The van der Waals surface area contributed by atoms with Gasteiger partial charge >= 0.3 is 0 Å². The maximum atomic E-state index is 6.32. The molecule has 14 rings (SSSR count). The molecule has 0 radical (unpaired) electrons. The van der Waals surface area contributed by atoms with Crippen LogP contribution < -0.4 is 0 Å². The zero-order valence-corrected chi connectivity index (χ0v) is 35.6. The number of benzene rings is 10. The maximum absolute atomic E-state index is 6.32. The highest BCUT2D eigenvalue weighted by atomic mass is 32.1. The van der Waals surface area contributed by atoms with Crippen molar-refractivity contribution in [2.24, 2.45) is 0 Å². The molecule has 0 saturated carbocycles. The Labute approximate surface area is 376 Å². The van der Waals surface area contributed by atoms with Gasteiger partial charge in [0, 0.05) is 69.7 Å². The summed E-state index contributed by atoms with van der Waals surface area (Å²) in [6.07, 6.45) is 0. The minimum atomic E-state index is 0.580. The average Bonchev–Trinajstić information content (AvgIpc) is 4.06. The lowest BCUT2D eigenvalue weighted by atomic mass is 9.97. The van der Waals surface area contributed by atoms with Crippen LogP contribution in [0.1, 0.15) is 0 Å². The van der Waals surface area contributed by atoms with Gasteiger partial charge in [0.25, 0.3) is 0 Å². The lowest BCUT2D eigenvalue weighted by Gasteiger charge is -2.14. The van der Waals surface area contributed by atoms with Crippen molar-refractivity contribution in [2.75, 3.05) is 0 Å². The summed E-state index contributed by atoms with van der Waals surface area (Å²) in [4.78, 5) is 15.5. The molecule has 0 amide bonds. The van der Waals surface area contributed by atoms with Gasteiger partial charge in [-0.3, -0.25) is 0 Å². The van der Waals surface area contributed by atoms with Gasteiger partial charge in [0.05, 0.1) is 11.0 Å². The van der Waals surface area contributed by atoms with Crippen LogP contribution in [0.5, 0.6) is 0 Å². The molecule has 10 aromatic carbocycles. The van der Waals surface area contributed by atoms with Gasteiger partial charge in [-0.15, -0.1) is 11.3 Å². The Morgan fingerprint density at radius 2 is 0.985 bits per heavy atom. The highest BCUT2D eigenvalue weighted by Gasteiger charge is 2.21.